The van der Waals surface area contributed by atoms with Crippen molar-refractivity contribution in [1.29, 1.82) is 0 Å². The molecular formula is C12H9ClO3. The number of esters is 1. The SMILES string of the molecule is COC(=O)c1cc(-c2ccco2)ccc1Cl. The van der Waals surface area contributed by atoms with Crippen molar-refractivity contribution in [3.63, 3.8) is 0 Å². The Morgan fingerprint density at radius 1 is 1.38 bits per heavy atom. The fourth-order valence-corrected chi connectivity index (χ4v) is 1.58. The summed E-state index contributed by atoms with van der Waals surface area (Å²) in [6, 6.07) is 8.67. The number of ether oxygens (including phenoxy) is 1. The van der Waals surface area contributed by atoms with Crippen LogP contribution in [0.1, 0.15) is 10.4 Å². The fourth-order valence-electron chi connectivity index (χ4n) is 1.39. The summed E-state index contributed by atoms with van der Waals surface area (Å²) in [5.41, 5.74) is 1.12. The number of furan rings is 1. The lowest BCUT2D eigenvalue weighted by atomic mass is 10.1. The number of methoxy groups -OCH3 is 1. The maximum absolute atomic E-state index is 11.4. The van der Waals surface area contributed by atoms with Crippen LogP contribution in [0.3, 0.4) is 0 Å². The molecule has 0 N–H and O–H groups in total. The van der Waals surface area contributed by atoms with Crippen molar-refractivity contribution in [2.45, 2.75) is 0 Å². The molecule has 0 atom stereocenters. The van der Waals surface area contributed by atoms with E-state index in [4.69, 9.17) is 16.0 Å². The number of hydrogen-bond acceptors (Lipinski definition) is 3. The third kappa shape index (κ3) is 1.95. The average molecular weight is 237 g/mol. The monoisotopic (exact) mass is 236 g/mol. The van der Waals surface area contributed by atoms with Gasteiger partial charge in [-0.15, -0.1) is 0 Å². The topological polar surface area (TPSA) is 39.4 Å². The minimum Gasteiger partial charge on any atom is -0.465 e. The number of carbonyl (C=O) groups excluding carboxylic acids is 1. The van der Waals surface area contributed by atoms with Crippen LogP contribution < -0.4 is 0 Å². The van der Waals surface area contributed by atoms with Gasteiger partial charge in [0.25, 0.3) is 0 Å². The van der Waals surface area contributed by atoms with E-state index in [2.05, 4.69) is 4.74 Å². The van der Waals surface area contributed by atoms with Crippen LogP contribution >= 0.6 is 11.6 Å². The summed E-state index contributed by atoms with van der Waals surface area (Å²) in [6.45, 7) is 0. The minimum atomic E-state index is -0.460. The van der Waals surface area contributed by atoms with Gasteiger partial charge in [-0.1, -0.05) is 11.6 Å². The van der Waals surface area contributed by atoms with Gasteiger partial charge in [0.2, 0.25) is 0 Å². The van der Waals surface area contributed by atoms with Gasteiger partial charge in [-0.05, 0) is 30.3 Å². The number of benzene rings is 1. The summed E-state index contributed by atoms with van der Waals surface area (Å²) in [5, 5.41) is 0.363. The number of carbonyl (C=O) groups is 1. The van der Waals surface area contributed by atoms with Crippen molar-refractivity contribution in [2.24, 2.45) is 0 Å². The Morgan fingerprint density at radius 3 is 2.81 bits per heavy atom. The van der Waals surface area contributed by atoms with E-state index in [1.165, 1.54) is 7.11 Å². The van der Waals surface area contributed by atoms with Gasteiger partial charge in [0.15, 0.2) is 0 Å². The zero-order valence-electron chi connectivity index (χ0n) is 8.57. The van der Waals surface area contributed by atoms with E-state index in [-0.39, 0.29) is 0 Å². The number of halogens is 1. The summed E-state index contributed by atoms with van der Waals surface area (Å²) in [7, 11) is 1.32. The van der Waals surface area contributed by atoms with Crippen molar-refractivity contribution < 1.29 is 13.9 Å². The second kappa shape index (κ2) is 4.41. The van der Waals surface area contributed by atoms with Crippen LogP contribution in [-0.2, 0) is 4.74 Å². The van der Waals surface area contributed by atoms with Gasteiger partial charge in [-0.3, -0.25) is 0 Å². The van der Waals surface area contributed by atoms with Crippen molar-refractivity contribution in [3.05, 3.63) is 47.2 Å². The van der Waals surface area contributed by atoms with Gasteiger partial charge in [-0.2, -0.15) is 0 Å². The smallest absolute Gasteiger partial charge is 0.339 e. The molecule has 0 aliphatic carbocycles. The molecular weight excluding hydrogens is 228 g/mol. The molecule has 82 valence electrons. The van der Waals surface area contributed by atoms with Gasteiger partial charge in [0.1, 0.15) is 5.76 Å². The maximum Gasteiger partial charge on any atom is 0.339 e. The minimum absolute atomic E-state index is 0.332. The molecule has 0 saturated carbocycles. The zero-order chi connectivity index (χ0) is 11.5. The predicted octanol–water partition coefficient (Wildman–Crippen LogP) is 3.39. The lowest BCUT2D eigenvalue weighted by Crippen LogP contribution is -2.02. The summed E-state index contributed by atoms with van der Waals surface area (Å²) in [6.07, 6.45) is 1.57. The van der Waals surface area contributed by atoms with Crippen molar-refractivity contribution in [1.82, 2.24) is 0 Å². The van der Waals surface area contributed by atoms with Crippen LogP contribution in [-0.4, -0.2) is 13.1 Å². The molecule has 16 heavy (non-hydrogen) atoms. The van der Waals surface area contributed by atoms with Crippen LogP contribution in [0.2, 0.25) is 5.02 Å². The maximum atomic E-state index is 11.4. The quantitative estimate of drug-likeness (QED) is 0.751. The van der Waals surface area contributed by atoms with Gasteiger partial charge >= 0.3 is 5.97 Å². The molecule has 0 unspecified atom stereocenters. The highest BCUT2D eigenvalue weighted by Gasteiger charge is 2.12. The summed E-state index contributed by atoms with van der Waals surface area (Å²) in [4.78, 5) is 11.4. The summed E-state index contributed by atoms with van der Waals surface area (Å²) >= 11 is 5.90. The lowest BCUT2D eigenvalue weighted by Gasteiger charge is -2.04. The molecule has 2 rings (SSSR count). The molecule has 1 heterocycles. The molecule has 0 bridgehead atoms. The van der Waals surface area contributed by atoms with E-state index >= 15 is 0 Å². The van der Waals surface area contributed by atoms with Gasteiger partial charge in [0, 0.05) is 5.56 Å². The van der Waals surface area contributed by atoms with E-state index in [0.717, 1.165) is 5.56 Å². The van der Waals surface area contributed by atoms with Crippen molar-refractivity contribution in [2.75, 3.05) is 7.11 Å². The third-order valence-electron chi connectivity index (χ3n) is 2.18. The standard InChI is InChI=1S/C12H9ClO3/c1-15-12(14)9-7-8(4-5-10(9)13)11-3-2-6-16-11/h2-7H,1H3. The van der Waals surface area contributed by atoms with Crippen LogP contribution in [0.25, 0.3) is 11.3 Å². The molecule has 3 nitrogen and oxygen atoms in total. The first-order valence-corrected chi connectivity index (χ1v) is 5.02. The highest BCUT2D eigenvalue weighted by molar-refractivity contribution is 6.33. The van der Waals surface area contributed by atoms with E-state index in [1.807, 2.05) is 6.07 Å². The normalized spacial score (nSPS) is 10.1. The molecule has 0 spiro atoms. The Labute approximate surface area is 97.6 Å². The Bertz CT molecular complexity index is 503. The largest absolute Gasteiger partial charge is 0.465 e. The number of hydrogen-bond donors (Lipinski definition) is 0. The zero-order valence-corrected chi connectivity index (χ0v) is 9.32. The Kier molecular flexibility index (Phi) is 2.97. The molecule has 1 aromatic carbocycles. The summed E-state index contributed by atoms with van der Waals surface area (Å²) < 4.78 is 9.87. The molecule has 0 amide bonds. The first kappa shape index (κ1) is 10.8. The van der Waals surface area contributed by atoms with Crippen LogP contribution in [0, 0.1) is 0 Å². The van der Waals surface area contributed by atoms with Crippen LogP contribution in [0.5, 0.6) is 0 Å². The highest BCUT2D eigenvalue weighted by atomic mass is 35.5. The third-order valence-corrected chi connectivity index (χ3v) is 2.51. The second-order valence-electron chi connectivity index (χ2n) is 3.16. The second-order valence-corrected chi connectivity index (χ2v) is 3.57. The van der Waals surface area contributed by atoms with Gasteiger partial charge in [0.05, 0.1) is 24.0 Å². The first-order chi connectivity index (χ1) is 7.72. The molecule has 0 aliphatic rings. The van der Waals surface area contributed by atoms with Gasteiger partial charge < -0.3 is 9.15 Å². The number of rotatable bonds is 2. The van der Waals surface area contributed by atoms with E-state index in [0.29, 0.717) is 16.3 Å². The molecule has 0 aliphatic heterocycles. The predicted molar refractivity (Wildman–Crippen MR) is 60.5 cm³/mol. The lowest BCUT2D eigenvalue weighted by molar-refractivity contribution is 0.0601. The van der Waals surface area contributed by atoms with E-state index < -0.39 is 5.97 Å². The van der Waals surface area contributed by atoms with E-state index in [1.54, 1.807) is 30.5 Å². The molecule has 4 heteroatoms. The Hall–Kier alpha value is -1.74. The Balaban J connectivity index is 2.47. The summed E-state index contributed by atoms with van der Waals surface area (Å²) in [5.74, 6) is 0.222. The average Bonchev–Trinajstić information content (AvgIpc) is 2.82. The highest BCUT2D eigenvalue weighted by Crippen LogP contribution is 2.25. The first-order valence-electron chi connectivity index (χ1n) is 4.64. The van der Waals surface area contributed by atoms with Gasteiger partial charge in [-0.25, -0.2) is 4.79 Å². The molecule has 1 aromatic heterocycles. The van der Waals surface area contributed by atoms with Crippen molar-refractivity contribution in [3.8, 4) is 11.3 Å². The van der Waals surface area contributed by atoms with E-state index in [9.17, 15) is 4.79 Å². The fraction of sp³-hybridized carbons (Fsp3) is 0.0833. The van der Waals surface area contributed by atoms with Crippen LogP contribution in [0.15, 0.2) is 41.0 Å². The molecule has 2 aromatic rings. The van der Waals surface area contributed by atoms with Crippen molar-refractivity contribution >= 4 is 17.6 Å². The molecule has 0 fully saturated rings. The molecule has 0 saturated heterocycles. The van der Waals surface area contributed by atoms with Crippen LogP contribution in [0.4, 0.5) is 0 Å². The Morgan fingerprint density at radius 2 is 2.19 bits per heavy atom. The molecule has 0 radical (unpaired) electrons.